The number of halogens is 2. The molecule has 0 radical (unpaired) electrons. The van der Waals surface area contributed by atoms with Crippen LogP contribution in [-0.4, -0.2) is 46.3 Å². The highest BCUT2D eigenvalue weighted by Gasteiger charge is 2.43. The summed E-state index contributed by atoms with van der Waals surface area (Å²) in [6, 6.07) is 5.48. The van der Waals surface area contributed by atoms with Crippen LogP contribution >= 0.6 is 0 Å². The van der Waals surface area contributed by atoms with Gasteiger partial charge in [0.2, 0.25) is 5.95 Å². The number of hydrogen-bond acceptors (Lipinski definition) is 6. The predicted octanol–water partition coefficient (Wildman–Crippen LogP) is 3.36. The molecule has 2 unspecified atom stereocenters. The second-order valence-electron chi connectivity index (χ2n) is 7.41. The van der Waals surface area contributed by atoms with Gasteiger partial charge in [0.25, 0.3) is 0 Å². The maximum atomic E-state index is 13.2. The number of hydrogen-bond donors (Lipinski definition) is 1. The lowest BCUT2D eigenvalue weighted by Crippen LogP contribution is -2.59. The van der Waals surface area contributed by atoms with E-state index in [-0.39, 0.29) is 11.5 Å². The Kier molecular flexibility index (Phi) is 3.72. The Bertz CT molecular complexity index is 851. The molecule has 1 aromatic heterocycles. The molecule has 3 fully saturated rings. The molecule has 6 nitrogen and oxygen atoms in total. The van der Waals surface area contributed by atoms with Crippen LogP contribution in [0.1, 0.15) is 19.8 Å². The van der Waals surface area contributed by atoms with E-state index in [4.69, 9.17) is 0 Å². The number of benzene rings is 1. The van der Waals surface area contributed by atoms with Gasteiger partial charge in [0.15, 0.2) is 11.5 Å². The maximum Gasteiger partial charge on any atom is 0.586 e. The van der Waals surface area contributed by atoms with E-state index < -0.39 is 6.29 Å². The van der Waals surface area contributed by atoms with E-state index >= 15 is 0 Å². The molecule has 1 N–H and O–H groups in total. The Balaban J connectivity index is 1.33. The van der Waals surface area contributed by atoms with Crippen molar-refractivity contribution in [2.75, 3.05) is 18.4 Å². The zero-order valence-corrected chi connectivity index (χ0v) is 14.9. The molecule has 0 aliphatic carbocycles. The number of aromatic nitrogens is 2. The van der Waals surface area contributed by atoms with E-state index in [0.29, 0.717) is 29.5 Å². The quantitative estimate of drug-likeness (QED) is 0.889. The minimum absolute atomic E-state index is 0.0146. The molecule has 4 aliphatic rings. The summed E-state index contributed by atoms with van der Waals surface area (Å²) in [7, 11) is 0. The third-order valence-corrected chi connectivity index (χ3v) is 5.86. The van der Waals surface area contributed by atoms with Crippen LogP contribution in [-0.2, 0) is 0 Å². The third-order valence-electron chi connectivity index (χ3n) is 5.86. The van der Waals surface area contributed by atoms with Crippen molar-refractivity contribution in [1.82, 2.24) is 14.9 Å². The van der Waals surface area contributed by atoms with Crippen LogP contribution < -0.4 is 14.8 Å². The molecule has 5 heterocycles. The highest BCUT2D eigenvalue weighted by atomic mass is 19.3. The first-order valence-corrected chi connectivity index (χ1v) is 9.21. The number of rotatable bonds is 3. The highest BCUT2D eigenvalue weighted by molar-refractivity contribution is 5.66. The monoisotopic (exact) mass is 374 g/mol. The summed E-state index contributed by atoms with van der Waals surface area (Å²) in [5, 5.41) is 3.49. The molecule has 2 atom stereocenters. The van der Waals surface area contributed by atoms with Gasteiger partial charge in [-0.25, -0.2) is 9.97 Å². The van der Waals surface area contributed by atoms with Crippen molar-refractivity contribution in [1.29, 1.82) is 0 Å². The van der Waals surface area contributed by atoms with Gasteiger partial charge in [0.05, 0.1) is 0 Å². The number of piperidine rings is 3. The second-order valence-corrected chi connectivity index (χ2v) is 7.41. The summed E-state index contributed by atoms with van der Waals surface area (Å²) in [6.45, 7) is 4.60. The molecule has 8 heteroatoms. The Morgan fingerprint density at radius 1 is 1.07 bits per heavy atom. The summed E-state index contributed by atoms with van der Waals surface area (Å²) in [4.78, 5) is 11.4. The number of nitrogens with one attached hydrogen (secondary N) is 1. The smallest absolute Gasteiger partial charge is 0.395 e. The minimum atomic E-state index is -3.61. The van der Waals surface area contributed by atoms with Gasteiger partial charge in [-0.15, -0.1) is 8.78 Å². The van der Waals surface area contributed by atoms with E-state index in [1.165, 1.54) is 38.1 Å². The second kappa shape index (κ2) is 6.02. The van der Waals surface area contributed by atoms with Crippen molar-refractivity contribution >= 4 is 5.95 Å². The average Bonchev–Trinajstić information content (AvgIpc) is 2.98. The number of ether oxygens (including phenoxy) is 2. The SMILES string of the molecule is CC1C(Nc2ncc(-c3ccc4c(c3)OC(F)(F)O4)cn2)C2CCN1CC2. The van der Waals surface area contributed by atoms with Gasteiger partial charge in [0.1, 0.15) is 0 Å². The summed E-state index contributed by atoms with van der Waals surface area (Å²) in [6.07, 6.45) is 2.19. The number of anilines is 1. The molecule has 4 aliphatic heterocycles. The Morgan fingerprint density at radius 3 is 2.48 bits per heavy atom. The molecule has 6 rings (SSSR count). The van der Waals surface area contributed by atoms with Gasteiger partial charge in [0, 0.05) is 30.0 Å². The molecular formula is C19H20F2N4O2. The lowest BCUT2D eigenvalue weighted by molar-refractivity contribution is -0.286. The molecule has 142 valence electrons. The van der Waals surface area contributed by atoms with Gasteiger partial charge in [-0.2, -0.15) is 0 Å². The van der Waals surface area contributed by atoms with Crippen LogP contribution in [0.15, 0.2) is 30.6 Å². The molecule has 0 saturated carbocycles. The first-order valence-electron chi connectivity index (χ1n) is 9.21. The minimum Gasteiger partial charge on any atom is -0.395 e. The van der Waals surface area contributed by atoms with Gasteiger partial charge < -0.3 is 14.8 Å². The standard InChI is InChI=1S/C19H20F2N4O2/c1-11-17(12-4-6-25(11)7-5-12)24-18-22-9-14(10-23-18)13-2-3-15-16(8-13)27-19(20,21)26-15/h2-3,8-12,17H,4-7H2,1H3,(H,22,23,24). The summed E-state index contributed by atoms with van der Waals surface area (Å²) >= 11 is 0. The van der Waals surface area contributed by atoms with Crippen molar-refractivity contribution < 1.29 is 18.3 Å². The average molecular weight is 374 g/mol. The van der Waals surface area contributed by atoms with Crippen molar-refractivity contribution in [2.45, 2.75) is 38.1 Å². The van der Waals surface area contributed by atoms with Crippen molar-refractivity contribution in [3.05, 3.63) is 30.6 Å². The maximum absolute atomic E-state index is 13.2. The van der Waals surface area contributed by atoms with E-state index in [1.54, 1.807) is 18.5 Å². The molecule has 2 aromatic rings. The van der Waals surface area contributed by atoms with Crippen LogP contribution in [0.3, 0.4) is 0 Å². The molecule has 0 amide bonds. The topological polar surface area (TPSA) is 59.5 Å². The molecule has 0 spiro atoms. The van der Waals surface area contributed by atoms with E-state index in [2.05, 4.69) is 36.6 Å². The molecule has 1 aromatic carbocycles. The van der Waals surface area contributed by atoms with E-state index in [1.807, 2.05) is 0 Å². The lowest BCUT2D eigenvalue weighted by atomic mass is 9.79. The lowest BCUT2D eigenvalue weighted by Gasteiger charge is -2.49. The normalized spacial score (nSPS) is 30.3. The molecule has 27 heavy (non-hydrogen) atoms. The number of nitrogens with zero attached hydrogens (tertiary/aromatic N) is 3. The van der Waals surface area contributed by atoms with Crippen LogP contribution in [0.4, 0.5) is 14.7 Å². The number of alkyl halides is 2. The largest absolute Gasteiger partial charge is 0.586 e. The zero-order valence-electron chi connectivity index (χ0n) is 14.9. The first-order chi connectivity index (χ1) is 13.0. The molecule has 2 bridgehead atoms. The zero-order chi connectivity index (χ0) is 18.6. The predicted molar refractivity (Wildman–Crippen MR) is 94.8 cm³/mol. The Morgan fingerprint density at radius 2 is 1.78 bits per heavy atom. The van der Waals surface area contributed by atoms with Crippen LogP contribution in [0.2, 0.25) is 0 Å². The van der Waals surface area contributed by atoms with Crippen LogP contribution in [0, 0.1) is 5.92 Å². The fourth-order valence-corrected chi connectivity index (χ4v) is 4.37. The van der Waals surface area contributed by atoms with Gasteiger partial charge in [-0.05, 0) is 56.5 Å². The van der Waals surface area contributed by atoms with Crippen molar-refractivity contribution in [2.24, 2.45) is 5.92 Å². The molecular weight excluding hydrogens is 354 g/mol. The van der Waals surface area contributed by atoms with Crippen molar-refractivity contribution in [3.63, 3.8) is 0 Å². The van der Waals surface area contributed by atoms with E-state index in [0.717, 1.165) is 5.56 Å². The first kappa shape index (κ1) is 16.7. The summed E-state index contributed by atoms with van der Waals surface area (Å²) in [5.41, 5.74) is 1.42. The van der Waals surface area contributed by atoms with Crippen LogP contribution in [0.5, 0.6) is 11.5 Å². The van der Waals surface area contributed by atoms with Gasteiger partial charge >= 0.3 is 6.29 Å². The Hall–Kier alpha value is -2.48. The summed E-state index contributed by atoms with van der Waals surface area (Å²) in [5.74, 6) is 1.29. The summed E-state index contributed by atoms with van der Waals surface area (Å²) < 4.78 is 35.3. The van der Waals surface area contributed by atoms with Gasteiger partial charge in [-0.3, -0.25) is 4.90 Å². The molecule has 3 saturated heterocycles. The van der Waals surface area contributed by atoms with Gasteiger partial charge in [-0.1, -0.05) is 6.07 Å². The third kappa shape index (κ3) is 2.97. The fraction of sp³-hybridized carbons (Fsp3) is 0.474. The van der Waals surface area contributed by atoms with Crippen molar-refractivity contribution in [3.8, 4) is 22.6 Å². The van der Waals surface area contributed by atoms with Crippen LogP contribution in [0.25, 0.3) is 11.1 Å². The highest BCUT2D eigenvalue weighted by Crippen LogP contribution is 2.42. The fourth-order valence-electron chi connectivity index (χ4n) is 4.37. The number of fused-ring (bicyclic) bond motifs is 4. The van der Waals surface area contributed by atoms with E-state index in [9.17, 15) is 8.78 Å². The Labute approximate surface area is 155 Å².